The van der Waals surface area contributed by atoms with Crippen molar-refractivity contribution in [3.05, 3.63) is 63.5 Å². The highest BCUT2D eigenvalue weighted by atomic mass is 32.1. The molecule has 0 saturated carbocycles. The maximum atomic E-state index is 12.3. The number of rotatable bonds is 8. The van der Waals surface area contributed by atoms with E-state index in [-0.39, 0.29) is 18.0 Å². The second kappa shape index (κ2) is 9.16. The highest BCUT2D eigenvalue weighted by Crippen LogP contribution is 2.28. The Labute approximate surface area is 171 Å². The minimum Gasteiger partial charge on any atom is -0.497 e. The van der Waals surface area contributed by atoms with Crippen molar-refractivity contribution in [2.75, 3.05) is 19.5 Å². The zero-order valence-corrected chi connectivity index (χ0v) is 16.7. The predicted octanol–water partition coefficient (Wildman–Crippen LogP) is 4.31. The molecule has 3 rings (SSSR count). The molecule has 29 heavy (non-hydrogen) atoms. The van der Waals surface area contributed by atoms with E-state index in [4.69, 9.17) is 9.47 Å². The van der Waals surface area contributed by atoms with Gasteiger partial charge in [0, 0.05) is 29.5 Å². The summed E-state index contributed by atoms with van der Waals surface area (Å²) in [5.74, 6) is 1.21. The number of nitro benzene ring substituents is 1. The molecule has 0 aliphatic rings. The van der Waals surface area contributed by atoms with Crippen LogP contribution in [0.25, 0.3) is 11.3 Å². The van der Waals surface area contributed by atoms with Crippen LogP contribution in [-0.2, 0) is 11.2 Å². The number of hydrogen-bond donors (Lipinski definition) is 1. The number of benzene rings is 2. The van der Waals surface area contributed by atoms with Crippen LogP contribution in [0.15, 0.2) is 47.8 Å². The first-order chi connectivity index (χ1) is 14.0. The molecule has 1 aromatic heterocycles. The van der Waals surface area contributed by atoms with Crippen LogP contribution in [0.5, 0.6) is 11.5 Å². The Balaban J connectivity index is 1.64. The number of nitrogens with one attached hydrogen (secondary N) is 1. The molecule has 9 heteroatoms. The molecule has 3 aromatic rings. The third-order valence-corrected chi connectivity index (χ3v) is 4.97. The second-order valence-corrected chi connectivity index (χ2v) is 6.93. The van der Waals surface area contributed by atoms with Crippen molar-refractivity contribution in [2.24, 2.45) is 0 Å². The minimum absolute atomic E-state index is 0.00618. The highest BCUT2D eigenvalue weighted by Gasteiger charge is 2.13. The molecule has 1 amide bonds. The minimum atomic E-state index is -0.453. The number of nitrogens with zero attached hydrogens (tertiary/aromatic N) is 2. The number of carbonyl (C=O) groups is 1. The van der Waals surface area contributed by atoms with Crippen LogP contribution in [0.3, 0.4) is 0 Å². The average molecular weight is 413 g/mol. The van der Waals surface area contributed by atoms with Crippen LogP contribution >= 0.6 is 11.3 Å². The van der Waals surface area contributed by atoms with Crippen molar-refractivity contribution in [2.45, 2.75) is 12.8 Å². The first kappa shape index (κ1) is 20.3. The first-order valence-corrected chi connectivity index (χ1v) is 9.59. The highest BCUT2D eigenvalue weighted by molar-refractivity contribution is 7.14. The van der Waals surface area contributed by atoms with Gasteiger partial charge in [0.2, 0.25) is 5.91 Å². The van der Waals surface area contributed by atoms with Gasteiger partial charge in [-0.2, -0.15) is 0 Å². The molecular weight excluding hydrogens is 394 g/mol. The number of non-ortho nitro benzene ring substituents is 1. The fourth-order valence-corrected chi connectivity index (χ4v) is 3.49. The van der Waals surface area contributed by atoms with E-state index in [1.54, 1.807) is 43.9 Å². The molecule has 2 aromatic carbocycles. The van der Waals surface area contributed by atoms with Crippen molar-refractivity contribution in [3.63, 3.8) is 0 Å². The van der Waals surface area contributed by atoms with Crippen LogP contribution in [0, 0.1) is 10.1 Å². The molecule has 8 nitrogen and oxygen atoms in total. The van der Waals surface area contributed by atoms with E-state index in [1.165, 1.54) is 23.5 Å². The van der Waals surface area contributed by atoms with Crippen molar-refractivity contribution in [1.82, 2.24) is 4.98 Å². The van der Waals surface area contributed by atoms with Gasteiger partial charge in [0.25, 0.3) is 5.69 Å². The molecular formula is C20H19N3O5S. The first-order valence-electron chi connectivity index (χ1n) is 8.71. The standard InChI is InChI=1S/C20H19N3O5S/c1-27-16-7-8-18(28-2)14(11-16)6-9-19(24)22-20-21-17(12-29-20)13-4-3-5-15(10-13)23(25)26/h3-5,7-8,10-12H,6,9H2,1-2H3,(H,21,22,24). The smallest absolute Gasteiger partial charge is 0.270 e. The Morgan fingerprint density at radius 2 is 2.03 bits per heavy atom. The van der Waals surface area contributed by atoms with Gasteiger partial charge in [-0.05, 0) is 30.2 Å². The number of amides is 1. The largest absolute Gasteiger partial charge is 0.497 e. The van der Waals surface area contributed by atoms with Gasteiger partial charge in [0.15, 0.2) is 5.13 Å². The van der Waals surface area contributed by atoms with Crippen LogP contribution in [0.2, 0.25) is 0 Å². The third kappa shape index (κ3) is 5.08. The number of anilines is 1. The second-order valence-electron chi connectivity index (χ2n) is 6.07. The quantitative estimate of drug-likeness (QED) is 0.436. The average Bonchev–Trinajstić information content (AvgIpc) is 3.20. The number of ether oxygens (including phenoxy) is 2. The van der Waals surface area contributed by atoms with Gasteiger partial charge in [-0.1, -0.05) is 12.1 Å². The lowest BCUT2D eigenvalue weighted by atomic mass is 10.1. The molecule has 0 fully saturated rings. The van der Waals surface area contributed by atoms with E-state index in [0.29, 0.717) is 34.3 Å². The van der Waals surface area contributed by atoms with Gasteiger partial charge >= 0.3 is 0 Å². The van der Waals surface area contributed by atoms with Crippen LogP contribution in [0.1, 0.15) is 12.0 Å². The molecule has 0 aliphatic heterocycles. The van der Waals surface area contributed by atoms with E-state index in [9.17, 15) is 14.9 Å². The number of thiazole rings is 1. The molecule has 1 N–H and O–H groups in total. The maximum Gasteiger partial charge on any atom is 0.270 e. The summed E-state index contributed by atoms with van der Waals surface area (Å²) >= 11 is 1.26. The SMILES string of the molecule is COc1ccc(OC)c(CCC(=O)Nc2nc(-c3cccc([N+](=O)[O-])c3)cs2)c1. The number of carbonyl (C=O) groups excluding carboxylic acids is 1. The number of aromatic nitrogens is 1. The molecule has 1 heterocycles. The molecule has 0 saturated heterocycles. The number of aryl methyl sites for hydroxylation is 1. The summed E-state index contributed by atoms with van der Waals surface area (Å²) in [6.45, 7) is 0. The zero-order chi connectivity index (χ0) is 20.8. The third-order valence-electron chi connectivity index (χ3n) is 4.21. The molecule has 0 atom stereocenters. The summed E-state index contributed by atoms with van der Waals surface area (Å²) in [5, 5.41) is 15.9. The molecule has 0 aliphatic carbocycles. The fraction of sp³-hybridized carbons (Fsp3) is 0.200. The van der Waals surface area contributed by atoms with Crippen LogP contribution < -0.4 is 14.8 Å². The van der Waals surface area contributed by atoms with Gasteiger partial charge in [-0.15, -0.1) is 11.3 Å². The Kier molecular flexibility index (Phi) is 6.40. The van der Waals surface area contributed by atoms with Crippen LogP contribution in [0.4, 0.5) is 10.8 Å². The Morgan fingerprint density at radius 1 is 1.21 bits per heavy atom. The number of methoxy groups -OCH3 is 2. The van der Waals surface area contributed by atoms with Gasteiger partial charge < -0.3 is 14.8 Å². The van der Waals surface area contributed by atoms with Crippen molar-refractivity contribution in [3.8, 4) is 22.8 Å². The summed E-state index contributed by atoms with van der Waals surface area (Å²) in [7, 11) is 3.16. The van der Waals surface area contributed by atoms with E-state index < -0.39 is 4.92 Å². The lowest BCUT2D eigenvalue weighted by Crippen LogP contribution is -2.12. The predicted molar refractivity (Wildman–Crippen MR) is 111 cm³/mol. The van der Waals surface area contributed by atoms with Crippen LogP contribution in [-0.4, -0.2) is 30.0 Å². The molecule has 0 unspecified atom stereocenters. The van der Waals surface area contributed by atoms with E-state index >= 15 is 0 Å². The van der Waals surface area contributed by atoms with Gasteiger partial charge in [-0.3, -0.25) is 14.9 Å². The summed E-state index contributed by atoms with van der Waals surface area (Å²) in [6, 6.07) is 11.7. The topological polar surface area (TPSA) is 104 Å². The number of nitro groups is 1. The Hall–Kier alpha value is -3.46. The molecule has 150 valence electrons. The summed E-state index contributed by atoms with van der Waals surface area (Å²) in [6.07, 6.45) is 0.727. The normalized spacial score (nSPS) is 10.4. The van der Waals surface area contributed by atoms with Crippen molar-refractivity contribution < 1.29 is 19.2 Å². The Bertz CT molecular complexity index is 1030. The lowest BCUT2D eigenvalue weighted by molar-refractivity contribution is -0.384. The van der Waals surface area contributed by atoms with Gasteiger partial charge in [-0.25, -0.2) is 4.98 Å². The van der Waals surface area contributed by atoms with Gasteiger partial charge in [0.05, 0.1) is 24.8 Å². The van der Waals surface area contributed by atoms with E-state index in [0.717, 1.165) is 5.56 Å². The maximum absolute atomic E-state index is 12.3. The molecule has 0 bridgehead atoms. The van der Waals surface area contributed by atoms with Crippen molar-refractivity contribution >= 4 is 28.1 Å². The van der Waals surface area contributed by atoms with E-state index in [2.05, 4.69) is 10.3 Å². The molecule has 0 radical (unpaired) electrons. The van der Waals surface area contributed by atoms with Crippen molar-refractivity contribution in [1.29, 1.82) is 0 Å². The molecule has 0 spiro atoms. The summed E-state index contributed by atoms with van der Waals surface area (Å²) in [4.78, 5) is 27.2. The van der Waals surface area contributed by atoms with Gasteiger partial charge in [0.1, 0.15) is 11.5 Å². The summed E-state index contributed by atoms with van der Waals surface area (Å²) < 4.78 is 10.5. The zero-order valence-electron chi connectivity index (χ0n) is 15.9. The monoisotopic (exact) mass is 413 g/mol. The Morgan fingerprint density at radius 3 is 2.76 bits per heavy atom. The fourth-order valence-electron chi connectivity index (χ4n) is 2.75. The number of hydrogen-bond acceptors (Lipinski definition) is 7. The summed E-state index contributed by atoms with van der Waals surface area (Å²) in [5.41, 5.74) is 2.06. The lowest BCUT2D eigenvalue weighted by Gasteiger charge is -2.10. The van der Waals surface area contributed by atoms with E-state index in [1.807, 2.05) is 6.07 Å².